The Morgan fingerprint density at radius 1 is 1.04 bits per heavy atom. The van der Waals surface area contributed by atoms with E-state index in [1.54, 1.807) is 0 Å². The van der Waals surface area contributed by atoms with Gasteiger partial charge in [-0.15, -0.1) is 0 Å². The summed E-state index contributed by atoms with van der Waals surface area (Å²) in [5.41, 5.74) is 4.10. The highest BCUT2D eigenvalue weighted by Gasteiger charge is 2.21. The molecule has 1 amide bonds. The number of benzene rings is 1. The molecule has 2 heterocycles. The Morgan fingerprint density at radius 2 is 1.75 bits per heavy atom. The van der Waals surface area contributed by atoms with E-state index in [9.17, 15) is 4.79 Å². The lowest BCUT2D eigenvalue weighted by Crippen LogP contribution is -2.48. The Labute approximate surface area is 145 Å². The Kier molecular flexibility index (Phi) is 5.74. The summed E-state index contributed by atoms with van der Waals surface area (Å²) in [5, 5.41) is 0. The standard InChI is InChI=1S/C19H29N3O2/c1-16-4-3-5-18(17(16)2)21-10-8-20(9-11-21)7-6-19(23)22-12-14-24-15-13-22/h3-5H,6-15H2,1-2H3. The van der Waals surface area contributed by atoms with Crippen LogP contribution in [0.3, 0.4) is 0 Å². The van der Waals surface area contributed by atoms with Gasteiger partial charge in [-0.05, 0) is 31.0 Å². The summed E-state index contributed by atoms with van der Waals surface area (Å²) in [5.74, 6) is 0.273. The van der Waals surface area contributed by atoms with E-state index < -0.39 is 0 Å². The summed E-state index contributed by atoms with van der Waals surface area (Å²) in [7, 11) is 0. The maximum absolute atomic E-state index is 12.2. The fourth-order valence-electron chi connectivity index (χ4n) is 3.52. The van der Waals surface area contributed by atoms with Crippen LogP contribution >= 0.6 is 0 Å². The zero-order valence-corrected chi connectivity index (χ0v) is 15.0. The van der Waals surface area contributed by atoms with Crippen LogP contribution in [0, 0.1) is 13.8 Å². The third-order valence-corrected chi connectivity index (χ3v) is 5.29. The number of hydrogen-bond donors (Lipinski definition) is 0. The van der Waals surface area contributed by atoms with E-state index >= 15 is 0 Å². The zero-order chi connectivity index (χ0) is 16.9. The van der Waals surface area contributed by atoms with Gasteiger partial charge >= 0.3 is 0 Å². The van der Waals surface area contributed by atoms with Crippen molar-refractivity contribution in [2.75, 3.05) is 63.9 Å². The molecule has 132 valence electrons. The van der Waals surface area contributed by atoms with Crippen molar-refractivity contribution in [2.24, 2.45) is 0 Å². The van der Waals surface area contributed by atoms with Crippen molar-refractivity contribution in [1.82, 2.24) is 9.80 Å². The third kappa shape index (κ3) is 4.08. The van der Waals surface area contributed by atoms with Gasteiger partial charge in [-0.2, -0.15) is 0 Å². The van der Waals surface area contributed by atoms with Crippen LogP contribution < -0.4 is 4.90 Å². The molecule has 0 spiro atoms. The maximum atomic E-state index is 12.2. The smallest absolute Gasteiger partial charge is 0.224 e. The Morgan fingerprint density at radius 3 is 2.46 bits per heavy atom. The monoisotopic (exact) mass is 331 g/mol. The Hall–Kier alpha value is -1.59. The normalized spacial score (nSPS) is 19.6. The van der Waals surface area contributed by atoms with Gasteiger partial charge in [-0.25, -0.2) is 0 Å². The molecular formula is C19H29N3O2. The molecule has 2 aliphatic heterocycles. The van der Waals surface area contributed by atoms with E-state index in [0.717, 1.165) is 45.8 Å². The quantitative estimate of drug-likeness (QED) is 0.841. The predicted octanol–water partition coefficient (Wildman–Crippen LogP) is 1.67. The van der Waals surface area contributed by atoms with Crippen LogP contribution in [0.1, 0.15) is 17.5 Å². The van der Waals surface area contributed by atoms with Crippen molar-refractivity contribution in [3.8, 4) is 0 Å². The second kappa shape index (κ2) is 7.99. The average Bonchev–Trinajstić information content (AvgIpc) is 2.63. The molecule has 0 atom stereocenters. The van der Waals surface area contributed by atoms with Crippen LogP contribution in [-0.4, -0.2) is 74.7 Å². The number of hydrogen-bond acceptors (Lipinski definition) is 4. The van der Waals surface area contributed by atoms with Crippen molar-refractivity contribution in [1.29, 1.82) is 0 Å². The molecule has 0 unspecified atom stereocenters. The van der Waals surface area contributed by atoms with Crippen molar-refractivity contribution in [3.63, 3.8) is 0 Å². The molecule has 0 aromatic heterocycles. The first-order valence-corrected chi connectivity index (χ1v) is 9.04. The minimum absolute atomic E-state index is 0.273. The summed E-state index contributed by atoms with van der Waals surface area (Å²) in [6, 6.07) is 6.54. The molecule has 3 rings (SSSR count). The average molecular weight is 331 g/mol. The molecule has 2 aliphatic rings. The van der Waals surface area contributed by atoms with Crippen molar-refractivity contribution in [3.05, 3.63) is 29.3 Å². The molecule has 1 aromatic rings. The molecule has 2 fully saturated rings. The number of piperazine rings is 1. The van der Waals surface area contributed by atoms with Crippen molar-refractivity contribution in [2.45, 2.75) is 20.3 Å². The number of carbonyl (C=O) groups is 1. The number of carbonyl (C=O) groups excluding carboxylic acids is 1. The molecule has 5 heteroatoms. The number of ether oxygens (including phenoxy) is 1. The SMILES string of the molecule is Cc1cccc(N2CCN(CCC(=O)N3CCOCC3)CC2)c1C. The second-order valence-electron chi connectivity index (χ2n) is 6.79. The lowest BCUT2D eigenvalue weighted by atomic mass is 10.1. The van der Waals surface area contributed by atoms with Crippen LogP contribution in [0.5, 0.6) is 0 Å². The number of rotatable bonds is 4. The molecule has 0 radical (unpaired) electrons. The summed E-state index contributed by atoms with van der Waals surface area (Å²) < 4.78 is 5.31. The topological polar surface area (TPSA) is 36.0 Å². The molecule has 0 aliphatic carbocycles. The first-order valence-electron chi connectivity index (χ1n) is 9.04. The number of aryl methyl sites for hydroxylation is 1. The van der Waals surface area contributed by atoms with Gasteiger partial charge in [0.25, 0.3) is 0 Å². The fraction of sp³-hybridized carbons (Fsp3) is 0.632. The van der Waals surface area contributed by atoms with Crippen LogP contribution in [0.4, 0.5) is 5.69 Å². The number of amides is 1. The number of morpholine rings is 1. The van der Waals surface area contributed by atoms with Gasteiger partial charge in [0, 0.05) is 57.9 Å². The van der Waals surface area contributed by atoms with Gasteiger partial charge in [0.2, 0.25) is 5.91 Å². The highest BCUT2D eigenvalue weighted by atomic mass is 16.5. The van der Waals surface area contributed by atoms with Crippen LogP contribution in [0.2, 0.25) is 0 Å². The summed E-state index contributed by atoms with van der Waals surface area (Å²) in [6.45, 7) is 12.2. The fourth-order valence-corrected chi connectivity index (χ4v) is 3.52. The molecule has 5 nitrogen and oxygen atoms in total. The van der Waals surface area contributed by atoms with E-state index in [2.05, 4.69) is 41.8 Å². The Balaban J connectivity index is 1.45. The molecule has 24 heavy (non-hydrogen) atoms. The summed E-state index contributed by atoms with van der Waals surface area (Å²) >= 11 is 0. The van der Waals surface area contributed by atoms with E-state index in [4.69, 9.17) is 4.74 Å². The highest BCUT2D eigenvalue weighted by molar-refractivity contribution is 5.76. The third-order valence-electron chi connectivity index (χ3n) is 5.29. The minimum atomic E-state index is 0.273. The number of nitrogens with zero attached hydrogens (tertiary/aromatic N) is 3. The van der Waals surface area contributed by atoms with E-state index in [1.165, 1.54) is 16.8 Å². The van der Waals surface area contributed by atoms with Crippen molar-refractivity contribution >= 4 is 11.6 Å². The molecule has 2 saturated heterocycles. The van der Waals surface area contributed by atoms with Gasteiger partial charge in [0.1, 0.15) is 0 Å². The second-order valence-corrected chi connectivity index (χ2v) is 6.79. The molecule has 1 aromatic carbocycles. The van der Waals surface area contributed by atoms with E-state index in [-0.39, 0.29) is 5.91 Å². The van der Waals surface area contributed by atoms with Crippen LogP contribution in [0.25, 0.3) is 0 Å². The predicted molar refractivity (Wildman–Crippen MR) is 96.6 cm³/mol. The maximum Gasteiger partial charge on any atom is 0.224 e. The van der Waals surface area contributed by atoms with Gasteiger partial charge in [-0.1, -0.05) is 12.1 Å². The van der Waals surface area contributed by atoms with Gasteiger partial charge in [0.05, 0.1) is 13.2 Å². The lowest BCUT2D eigenvalue weighted by molar-refractivity contribution is -0.135. The molecule has 0 saturated carbocycles. The van der Waals surface area contributed by atoms with Gasteiger partial charge in [0.15, 0.2) is 0 Å². The van der Waals surface area contributed by atoms with E-state index in [1.807, 2.05) is 4.90 Å². The molecule has 0 bridgehead atoms. The molecular weight excluding hydrogens is 302 g/mol. The summed E-state index contributed by atoms with van der Waals surface area (Å²) in [6.07, 6.45) is 0.628. The molecule has 0 N–H and O–H groups in total. The highest BCUT2D eigenvalue weighted by Crippen LogP contribution is 2.23. The first kappa shape index (κ1) is 17.2. The first-order chi connectivity index (χ1) is 11.6. The number of anilines is 1. The minimum Gasteiger partial charge on any atom is -0.378 e. The van der Waals surface area contributed by atoms with Crippen molar-refractivity contribution < 1.29 is 9.53 Å². The van der Waals surface area contributed by atoms with Gasteiger partial charge < -0.3 is 14.5 Å². The Bertz CT molecular complexity index is 562. The van der Waals surface area contributed by atoms with Crippen LogP contribution in [-0.2, 0) is 9.53 Å². The lowest BCUT2D eigenvalue weighted by Gasteiger charge is -2.37. The zero-order valence-electron chi connectivity index (χ0n) is 15.0. The largest absolute Gasteiger partial charge is 0.378 e. The summed E-state index contributed by atoms with van der Waals surface area (Å²) in [4.78, 5) is 19.1. The van der Waals surface area contributed by atoms with E-state index in [0.29, 0.717) is 19.6 Å². The van der Waals surface area contributed by atoms with Gasteiger partial charge in [-0.3, -0.25) is 9.69 Å². The van der Waals surface area contributed by atoms with Crippen LogP contribution in [0.15, 0.2) is 18.2 Å².